The van der Waals surface area contributed by atoms with Crippen molar-refractivity contribution in [2.75, 3.05) is 6.26 Å². The summed E-state index contributed by atoms with van der Waals surface area (Å²) in [5.74, 6) is 1.51. The summed E-state index contributed by atoms with van der Waals surface area (Å²) in [7, 11) is 0. The van der Waals surface area contributed by atoms with Crippen molar-refractivity contribution in [3.63, 3.8) is 0 Å². The van der Waals surface area contributed by atoms with Crippen LogP contribution in [0.4, 0.5) is 0 Å². The van der Waals surface area contributed by atoms with Gasteiger partial charge in [-0.15, -0.1) is 0 Å². The first-order valence-electron chi connectivity index (χ1n) is 4.56. The van der Waals surface area contributed by atoms with E-state index in [9.17, 15) is 4.79 Å². The number of rotatable bonds is 2. The Morgan fingerprint density at radius 3 is 2.58 bits per heavy atom. The molecule has 2 aliphatic rings. The van der Waals surface area contributed by atoms with Crippen LogP contribution in [0.5, 0.6) is 0 Å². The van der Waals surface area contributed by atoms with Gasteiger partial charge in [-0.2, -0.15) is 11.8 Å². The molecule has 2 bridgehead atoms. The second-order valence-corrected chi connectivity index (χ2v) is 4.98. The van der Waals surface area contributed by atoms with E-state index >= 15 is 0 Å². The first kappa shape index (κ1) is 8.42. The van der Waals surface area contributed by atoms with Crippen LogP contribution in [0, 0.1) is 17.8 Å². The second kappa shape index (κ2) is 2.95. The van der Waals surface area contributed by atoms with Crippen LogP contribution in [0.25, 0.3) is 0 Å². The van der Waals surface area contributed by atoms with Crippen LogP contribution in [0.1, 0.15) is 19.3 Å². The maximum atomic E-state index is 11.2. The molecule has 0 saturated heterocycles. The highest BCUT2D eigenvalue weighted by Crippen LogP contribution is 2.52. The van der Waals surface area contributed by atoms with Gasteiger partial charge in [-0.1, -0.05) is 0 Å². The van der Waals surface area contributed by atoms with E-state index in [0.717, 1.165) is 5.92 Å². The normalized spacial score (nSPS) is 45.1. The van der Waals surface area contributed by atoms with Crippen LogP contribution in [-0.4, -0.2) is 17.4 Å². The van der Waals surface area contributed by atoms with Gasteiger partial charge in [-0.05, 0) is 37.4 Å². The maximum absolute atomic E-state index is 11.2. The number of nitrogens with two attached hydrogens (primary N) is 1. The van der Waals surface area contributed by atoms with Gasteiger partial charge in [0.15, 0.2) is 0 Å². The Morgan fingerprint density at radius 2 is 2.08 bits per heavy atom. The van der Waals surface area contributed by atoms with Gasteiger partial charge in [-0.25, -0.2) is 0 Å². The third kappa shape index (κ3) is 1.06. The quantitative estimate of drug-likeness (QED) is 0.703. The summed E-state index contributed by atoms with van der Waals surface area (Å²) in [5, 5.41) is 0.529. The largest absolute Gasteiger partial charge is 0.369 e. The van der Waals surface area contributed by atoms with Gasteiger partial charge < -0.3 is 5.73 Å². The lowest BCUT2D eigenvalue weighted by Crippen LogP contribution is -2.36. The fraction of sp³-hybridized carbons (Fsp3) is 0.889. The predicted octanol–water partition coefficient (Wildman–Crippen LogP) is 1.25. The van der Waals surface area contributed by atoms with Crippen molar-refractivity contribution < 1.29 is 4.79 Å². The zero-order valence-electron chi connectivity index (χ0n) is 7.32. The molecule has 2 N–H and O–H groups in total. The Balaban J connectivity index is 2.16. The number of carbonyl (C=O) groups is 1. The summed E-state index contributed by atoms with van der Waals surface area (Å²) in [6.07, 6.45) is 5.90. The van der Waals surface area contributed by atoms with E-state index < -0.39 is 0 Å². The molecule has 1 amide bonds. The standard InChI is InChI=1S/C9H15NOS/c1-12-8-6-3-2-5(4-6)7(8)9(10)11/h5-8H,2-4H2,1H3,(H2,10,11)/t5-,6+,7-,8+/m1/s1. The molecule has 2 saturated carbocycles. The Kier molecular flexibility index (Phi) is 2.07. The zero-order chi connectivity index (χ0) is 8.72. The predicted molar refractivity (Wildman–Crippen MR) is 50.8 cm³/mol. The SMILES string of the molecule is CS[C@H]1[C@H]2CC[C@H](C2)[C@H]1C(N)=O. The van der Waals surface area contributed by atoms with Crippen LogP contribution < -0.4 is 5.73 Å². The van der Waals surface area contributed by atoms with Crippen LogP contribution in [-0.2, 0) is 4.79 Å². The third-order valence-corrected chi connectivity index (χ3v) is 4.66. The number of amides is 1. The summed E-state index contributed by atoms with van der Waals surface area (Å²) in [6, 6.07) is 0. The Labute approximate surface area is 77.3 Å². The lowest BCUT2D eigenvalue weighted by atomic mass is 9.88. The molecule has 0 heterocycles. The third-order valence-electron chi connectivity index (χ3n) is 3.44. The second-order valence-electron chi connectivity index (χ2n) is 3.96. The van der Waals surface area contributed by atoms with E-state index in [1.165, 1.54) is 19.3 Å². The molecule has 2 nitrogen and oxygen atoms in total. The smallest absolute Gasteiger partial charge is 0.221 e. The van der Waals surface area contributed by atoms with E-state index in [0.29, 0.717) is 11.2 Å². The molecule has 4 atom stereocenters. The van der Waals surface area contributed by atoms with Crippen LogP contribution in [0.2, 0.25) is 0 Å². The number of thioether (sulfide) groups is 1. The van der Waals surface area contributed by atoms with Gasteiger partial charge in [0.1, 0.15) is 0 Å². The Morgan fingerprint density at radius 1 is 1.42 bits per heavy atom. The number of fused-ring (bicyclic) bond motifs is 2. The van der Waals surface area contributed by atoms with E-state index in [1.54, 1.807) is 0 Å². The lowest BCUT2D eigenvalue weighted by molar-refractivity contribution is -0.123. The highest BCUT2D eigenvalue weighted by molar-refractivity contribution is 7.99. The van der Waals surface area contributed by atoms with Crippen LogP contribution >= 0.6 is 11.8 Å². The molecule has 0 aromatic heterocycles. The molecule has 0 unspecified atom stereocenters. The van der Waals surface area contributed by atoms with E-state index in [4.69, 9.17) is 5.73 Å². The molecule has 0 aromatic carbocycles. The van der Waals surface area contributed by atoms with Gasteiger partial charge in [0.25, 0.3) is 0 Å². The molecule has 0 radical (unpaired) electrons. The lowest BCUT2D eigenvalue weighted by Gasteiger charge is -2.26. The minimum atomic E-state index is -0.0680. The molecular formula is C9H15NOS. The summed E-state index contributed by atoms with van der Waals surface area (Å²) in [4.78, 5) is 11.2. The van der Waals surface area contributed by atoms with Gasteiger partial charge in [0, 0.05) is 5.25 Å². The van der Waals surface area contributed by atoms with Gasteiger partial charge in [0.2, 0.25) is 5.91 Å². The van der Waals surface area contributed by atoms with Crippen LogP contribution in [0.15, 0.2) is 0 Å². The highest BCUT2D eigenvalue weighted by Gasteiger charge is 2.49. The van der Waals surface area contributed by atoms with Crippen molar-refractivity contribution in [2.45, 2.75) is 24.5 Å². The summed E-state index contributed by atoms with van der Waals surface area (Å²) < 4.78 is 0. The molecule has 2 aliphatic carbocycles. The maximum Gasteiger partial charge on any atom is 0.221 e. The fourth-order valence-electron chi connectivity index (χ4n) is 2.97. The van der Waals surface area contributed by atoms with E-state index in [2.05, 4.69) is 6.26 Å². The van der Waals surface area contributed by atoms with Crippen molar-refractivity contribution >= 4 is 17.7 Å². The number of primary amides is 1. The molecule has 12 heavy (non-hydrogen) atoms. The summed E-state index contributed by atoms with van der Waals surface area (Å²) in [5.41, 5.74) is 5.40. The fourth-order valence-corrected chi connectivity index (χ4v) is 4.25. The topological polar surface area (TPSA) is 43.1 Å². The monoisotopic (exact) mass is 185 g/mol. The molecule has 68 valence electrons. The number of hydrogen-bond acceptors (Lipinski definition) is 2. The van der Waals surface area contributed by atoms with Crippen molar-refractivity contribution in [1.82, 2.24) is 0 Å². The van der Waals surface area contributed by atoms with E-state index in [1.807, 2.05) is 11.8 Å². The first-order valence-corrected chi connectivity index (χ1v) is 5.85. The molecular weight excluding hydrogens is 170 g/mol. The summed E-state index contributed by atoms with van der Waals surface area (Å²) in [6.45, 7) is 0. The van der Waals surface area contributed by atoms with E-state index in [-0.39, 0.29) is 11.8 Å². The molecule has 3 heteroatoms. The van der Waals surface area contributed by atoms with Gasteiger partial charge in [0.05, 0.1) is 5.92 Å². The van der Waals surface area contributed by atoms with Crippen molar-refractivity contribution in [1.29, 1.82) is 0 Å². The zero-order valence-corrected chi connectivity index (χ0v) is 8.14. The van der Waals surface area contributed by atoms with Crippen LogP contribution in [0.3, 0.4) is 0 Å². The highest BCUT2D eigenvalue weighted by atomic mass is 32.2. The molecule has 0 aliphatic heterocycles. The van der Waals surface area contributed by atoms with Gasteiger partial charge >= 0.3 is 0 Å². The minimum Gasteiger partial charge on any atom is -0.369 e. The molecule has 2 rings (SSSR count). The van der Waals surface area contributed by atoms with Crippen molar-refractivity contribution in [2.24, 2.45) is 23.5 Å². The molecule has 0 aromatic rings. The Hall–Kier alpha value is -0.180. The minimum absolute atomic E-state index is 0.0680. The summed E-state index contributed by atoms with van der Waals surface area (Å²) >= 11 is 1.83. The average molecular weight is 185 g/mol. The molecule has 0 spiro atoms. The Bertz CT molecular complexity index is 207. The average Bonchev–Trinajstić information content (AvgIpc) is 2.60. The first-order chi connectivity index (χ1) is 5.74. The number of carbonyl (C=O) groups excluding carboxylic acids is 1. The van der Waals surface area contributed by atoms with Gasteiger partial charge in [-0.3, -0.25) is 4.79 Å². The van der Waals surface area contributed by atoms with Crippen molar-refractivity contribution in [3.05, 3.63) is 0 Å². The number of hydrogen-bond donors (Lipinski definition) is 1. The molecule has 2 fully saturated rings. The van der Waals surface area contributed by atoms with Crippen molar-refractivity contribution in [3.8, 4) is 0 Å².